The van der Waals surface area contributed by atoms with Crippen LogP contribution in [0.1, 0.15) is 12.8 Å². The first-order valence-electron chi connectivity index (χ1n) is 7.58. The molecule has 4 heterocycles. The van der Waals surface area contributed by atoms with Gasteiger partial charge in [0, 0.05) is 36.8 Å². The molecule has 2 bridgehead atoms. The molecule has 1 aromatic carbocycles. The second-order valence-electron chi connectivity index (χ2n) is 5.96. The van der Waals surface area contributed by atoms with Crippen LogP contribution >= 0.6 is 11.3 Å². The average molecular weight is 311 g/mol. The van der Waals surface area contributed by atoms with Crippen molar-refractivity contribution in [2.24, 2.45) is 0 Å². The largest absolute Gasteiger partial charge is 0.423 e. The van der Waals surface area contributed by atoms with Crippen LogP contribution in [0.15, 0.2) is 28.1 Å². The van der Waals surface area contributed by atoms with Gasteiger partial charge in [-0.15, -0.1) is 11.3 Å². The Morgan fingerprint density at radius 1 is 1.27 bits per heavy atom. The lowest BCUT2D eigenvalue weighted by molar-refractivity contribution is 0.437. The number of nitrogens with one attached hydrogen (secondary N) is 1. The first-order valence-corrected chi connectivity index (χ1v) is 8.46. The van der Waals surface area contributed by atoms with Gasteiger partial charge in [0.2, 0.25) is 0 Å². The molecule has 0 spiro atoms. The maximum Gasteiger partial charge on any atom is 0.298 e. The minimum Gasteiger partial charge on any atom is -0.423 e. The number of hydrogen-bond donors (Lipinski definition) is 1. The molecule has 2 atom stereocenters. The van der Waals surface area contributed by atoms with Crippen molar-refractivity contribution in [2.75, 3.05) is 18.0 Å². The van der Waals surface area contributed by atoms with E-state index in [0.717, 1.165) is 40.8 Å². The van der Waals surface area contributed by atoms with Crippen molar-refractivity contribution in [3.8, 4) is 10.6 Å². The highest BCUT2D eigenvalue weighted by molar-refractivity contribution is 7.13. The maximum atomic E-state index is 6.12. The molecule has 2 aliphatic heterocycles. The Hall–Kier alpha value is -1.92. The van der Waals surface area contributed by atoms with Gasteiger partial charge in [0.15, 0.2) is 5.58 Å². The maximum absolute atomic E-state index is 6.12. The first-order chi connectivity index (χ1) is 10.9. The van der Waals surface area contributed by atoms with E-state index >= 15 is 0 Å². The van der Waals surface area contributed by atoms with E-state index < -0.39 is 0 Å². The molecule has 0 saturated carbocycles. The fourth-order valence-electron chi connectivity index (χ4n) is 3.48. The Morgan fingerprint density at radius 2 is 2.14 bits per heavy atom. The summed E-state index contributed by atoms with van der Waals surface area (Å²) in [6, 6.07) is 8.83. The standard InChI is InChI=1S/C16H15N4OS/c1-2-12(15-17-6-7-22-15)14-13(3-1)19-16(21-14)20-8-10-4-5-11(9-20)18-10/h2-3,6-7,10-11,18H,4-5,8-9H2. The summed E-state index contributed by atoms with van der Waals surface area (Å²) in [6.07, 6.45) is 4.31. The zero-order valence-corrected chi connectivity index (χ0v) is 12.8. The Morgan fingerprint density at radius 3 is 2.91 bits per heavy atom. The molecule has 2 aliphatic rings. The van der Waals surface area contributed by atoms with Crippen LogP contribution < -0.4 is 10.2 Å². The molecule has 6 heteroatoms. The molecule has 3 aromatic rings. The summed E-state index contributed by atoms with van der Waals surface area (Å²) in [4.78, 5) is 11.3. The van der Waals surface area contributed by atoms with Gasteiger partial charge in [-0.2, -0.15) is 4.98 Å². The van der Waals surface area contributed by atoms with E-state index in [-0.39, 0.29) is 0 Å². The summed E-state index contributed by atoms with van der Waals surface area (Å²) in [5.41, 5.74) is 2.65. The predicted octanol–water partition coefficient (Wildman–Crippen LogP) is 2.69. The molecule has 0 amide bonds. The lowest BCUT2D eigenvalue weighted by Crippen LogP contribution is -2.51. The van der Waals surface area contributed by atoms with E-state index in [4.69, 9.17) is 4.42 Å². The minimum absolute atomic E-state index is 0.568. The third-order valence-corrected chi connectivity index (χ3v) is 5.29. The van der Waals surface area contributed by atoms with Gasteiger partial charge in [-0.25, -0.2) is 4.98 Å². The van der Waals surface area contributed by atoms with Crippen molar-refractivity contribution in [2.45, 2.75) is 24.9 Å². The summed E-state index contributed by atoms with van der Waals surface area (Å²) >= 11 is 1.60. The molecular weight excluding hydrogens is 296 g/mol. The quantitative estimate of drug-likeness (QED) is 0.788. The highest BCUT2D eigenvalue weighted by atomic mass is 32.1. The van der Waals surface area contributed by atoms with Crippen LogP contribution in [0.5, 0.6) is 0 Å². The normalized spacial score (nSPS) is 24.3. The van der Waals surface area contributed by atoms with Crippen molar-refractivity contribution in [1.82, 2.24) is 15.3 Å². The number of aromatic nitrogens is 2. The average Bonchev–Trinajstić information content (AvgIpc) is 3.26. The number of piperazine rings is 1. The van der Waals surface area contributed by atoms with E-state index in [0.29, 0.717) is 12.1 Å². The molecular formula is C16H15N4OS. The smallest absolute Gasteiger partial charge is 0.298 e. The van der Waals surface area contributed by atoms with Crippen molar-refractivity contribution >= 4 is 28.5 Å². The topological polar surface area (TPSA) is 54.2 Å². The number of benzene rings is 1. The van der Waals surface area contributed by atoms with Gasteiger partial charge in [-0.1, -0.05) is 0 Å². The van der Waals surface area contributed by atoms with Crippen LogP contribution in [0.4, 0.5) is 6.01 Å². The summed E-state index contributed by atoms with van der Waals surface area (Å²) < 4.78 is 6.12. The lowest BCUT2D eigenvalue weighted by Gasteiger charge is -2.31. The van der Waals surface area contributed by atoms with Gasteiger partial charge in [0.1, 0.15) is 10.5 Å². The molecule has 111 valence electrons. The van der Waals surface area contributed by atoms with Crippen molar-refractivity contribution < 1.29 is 4.42 Å². The number of rotatable bonds is 2. The van der Waals surface area contributed by atoms with E-state index in [1.165, 1.54) is 12.8 Å². The van der Waals surface area contributed by atoms with E-state index in [1.807, 2.05) is 23.7 Å². The molecule has 22 heavy (non-hydrogen) atoms. The lowest BCUT2D eigenvalue weighted by atomic mass is 10.2. The number of thiazole rings is 1. The van der Waals surface area contributed by atoms with Gasteiger partial charge >= 0.3 is 0 Å². The van der Waals surface area contributed by atoms with E-state index in [1.54, 1.807) is 11.3 Å². The fourth-order valence-corrected chi connectivity index (χ4v) is 4.14. The predicted molar refractivity (Wildman–Crippen MR) is 86.1 cm³/mol. The SMILES string of the molecule is [c]1cc(-c2nccs2)c2oc(N3CC4CCC(C3)N4)nc2c1. The van der Waals surface area contributed by atoms with Crippen LogP contribution in [0.2, 0.25) is 0 Å². The van der Waals surface area contributed by atoms with Crippen LogP contribution in [-0.4, -0.2) is 35.1 Å². The first kappa shape index (κ1) is 12.6. The van der Waals surface area contributed by atoms with Gasteiger partial charge in [-0.05, 0) is 31.0 Å². The molecule has 2 saturated heterocycles. The summed E-state index contributed by atoms with van der Waals surface area (Å²) in [5.74, 6) is 0. The third kappa shape index (κ3) is 1.94. The van der Waals surface area contributed by atoms with Crippen LogP contribution in [0, 0.1) is 6.07 Å². The molecule has 5 nitrogen and oxygen atoms in total. The summed E-state index contributed by atoms with van der Waals surface area (Å²) in [6.45, 7) is 1.94. The highest BCUT2D eigenvalue weighted by Crippen LogP contribution is 2.33. The monoisotopic (exact) mass is 311 g/mol. The molecule has 2 fully saturated rings. The summed E-state index contributed by atoms with van der Waals surface area (Å²) in [5, 5.41) is 6.55. The zero-order chi connectivity index (χ0) is 14.5. The fraction of sp³-hybridized carbons (Fsp3) is 0.375. The molecule has 5 rings (SSSR count). The molecule has 2 unspecified atom stereocenters. The zero-order valence-electron chi connectivity index (χ0n) is 12.0. The second kappa shape index (κ2) is 4.79. The van der Waals surface area contributed by atoms with Crippen LogP contribution in [0.25, 0.3) is 21.7 Å². The Labute approximate surface area is 132 Å². The Kier molecular flexibility index (Phi) is 2.75. The van der Waals surface area contributed by atoms with Crippen LogP contribution in [0.3, 0.4) is 0 Å². The number of nitrogens with zero attached hydrogens (tertiary/aromatic N) is 3. The molecule has 1 radical (unpaired) electrons. The molecule has 2 aromatic heterocycles. The number of hydrogen-bond acceptors (Lipinski definition) is 6. The number of fused-ring (bicyclic) bond motifs is 3. The number of anilines is 1. The van der Waals surface area contributed by atoms with Crippen LogP contribution in [-0.2, 0) is 0 Å². The molecule has 1 N–H and O–H groups in total. The second-order valence-corrected chi connectivity index (χ2v) is 6.85. The van der Waals surface area contributed by atoms with E-state index in [9.17, 15) is 0 Å². The van der Waals surface area contributed by atoms with Crippen molar-refractivity contribution in [3.05, 3.63) is 29.8 Å². The number of oxazole rings is 1. The Balaban J connectivity index is 1.57. The van der Waals surface area contributed by atoms with E-state index in [2.05, 4.69) is 26.3 Å². The van der Waals surface area contributed by atoms with Crippen molar-refractivity contribution in [3.63, 3.8) is 0 Å². The van der Waals surface area contributed by atoms with Gasteiger partial charge in [-0.3, -0.25) is 0 Å². The van der Waals surface area contributed by atoms with Gasteiger partial charge < -0.3 is 14.6 Å². The summed E-state index contributed by atoms with van der Waals surface area (Å²) in [7, 11) is 0. The Bertz CT molecular complexity index is 801. The van der Waals surface area contributed by atoms with Crippen molar-refractivity contribution in [1.29, 1.82) is 0 Å². The highest BCUT2D eigenvalue weighted by Gasteiger charge is 2.34. The van der Waals surface area contributed by atoms with Gasteiger partial charge in [0.05, 0.1) is 5.56 Å². The minimum atomic E-state index is 0.568. The molecule has 0 aliphatic carbocycles. The van der Waals surface area contributed by atoms with Gasteiger partial charge in [0.25, 0.3) is 6.01 Å². The third-order valence-electron chi connectivity index (χ3n) is 4.48.